The molecule has 0 unspecified atom stereocenters. The van der Waals surface area contributed by atoms with Gasteiger partial charge in [-0.2, -0.15) is 0 Å². The molecule has 0 fully saturated rings. The predicted octanol–water partition coefficient (Wildman–Crippen LogP) is 3.40. The van der Waals surface area contributed by atoms with Crippen molar-refractivity contribution in [3.63, 3.8) is 0 Å². The smallest absolute Gasteiger partial charge is 0.128 e. The van der Waals surface area contributed by atoms with E-state index >= 15 is 0 Å². The van der Waals surface area contributed by atoms with Crippen molar-refractivity contribution in [2.24, 2.45) is 5.84 Å². The molecule has 1 aromatic carbocycles. The molecule has 0 amide bonds. The number of nitrogens with one attached hydrogen (secondary N) is 1. The standard InChI is InChI=1S/C14H18FN3/c1-7(2)12-9(4)17-13-8(3)11(15)6-5-10(13)14(12)18-16/h5-7H,16H2,1-4H3,(H,17,18). The molecule has 3 nitrogen and oxygen atoms in total. The summed E-state index contributed by atoms with van der Waals surface area (Å²) in [5.74, 6) is 5.70. The number of hydrogen-bond donors (Lipinski definition) is 2. The second-order valence-corrected chi connectivity index (χ2v) is 4.85. The van der Waals surface area contributed by atoms with E-state index in [0.29, 0.717) is 17.0 Å². The minimum atomic E-state index is -0.241. The number of aromatic nitrogens is 1. The average Bonchev–Trinajstić information content (AvgIpc) is 2.32. The molecule has 0 bridgehead atoms. The first-order valence-electron chi connectivity index (χ1n) is 6.03. The first-order chi connectivity index (χ1) is 8.47. The van der Waals surface area contributed by atoms with Crippen LogP contribution in [0.25, 0.3) is 10.9 Å². The monoisotopic (exact) mass is 247 g/mol. The minimum Gasteiger partial charge on any atom is -0.323 e. The van der Waals surface area contributed by atoms with Crippen LogP contribution in [0.5, 0.6) is 0 Å². The van der Waals surface area contributed by atoms with Gasteiger partial charge >= 0.3 is 0 Å². The fourth-order valence-corrected chi connectivity index (χ4v) is 2.44. The van der Waals surface area contributed by atoms with E-state index in [1.165, 1.54) is 6.07 Å². The number of halogens is 1. The number of aryl methyl sites for hydroxylation is 2. The summed E-state index contributed by atoms with van der Waals surface area (Å²) in [7, 11) is 0. The van der Waals surface area contributed by atoms with Crippen LogP contribution in [0.2, 0.25) is 0 Å². The van der Waals surface area contributed by atoms with Crippen LogP contribution in [0, 0.1) is 19.7 Å². The van der Waals surface area contributed by atoms with Crippen molar-refractivity contribution in [2.75, 3.05) is 5.43 Å². The molecule has 1 aromatic heterocycles. The molecular weight excluding hydrogens is 229 g/mol. The Morgan fingerprint density at radius 1 is 1.28 bits per heavy atom. The van der Waals surface area contributed by atoms with Crippen LogP contribution in [0.3, 0.4) is 0 Å². The maximum Gasteiger partial charge on any atom is 0.128 e. The molecule has 0 aliphatic rings. The zero-order valence-corrected chi connectivity index (χ0v) is 11.1. The van der Waals surface area contributed by atoms with Crippen LogP contribution in [0.1, 0.15) is 36.6 Å². The van der Waals surface area contributed by atoms with E-state index in [0.717, 1.165) is 22.3 Å². The Kier molecular flexibility index (Phi) is 3.22. The molecule has 1 heterocycles. The maximum atomic E-state index is 13.6. The van der Waals surface area contributed by atoms with Crippen LogP contribution in [0.15, 0.2) is 12.1 Å². The molecule has 0 spiro atoms. The van der Waals surface area contributed by atoms with Gasteiger partial charge in [0.05, 0.1) is 11.2 Å². The van der Waals surface area contributed by atoms with Crippen LogP contribution >= 0.6 is 0 Å². The number of benzene rings is 1. The number of rotatable bonds is 2. The topological polar surface area (TPSA) is 50.9 Å². The second-order valence-electron chi connectivity index (χ2n) is 4.85. The lowest BCUT2D eigenvalue weighted by atomic mass is 9.96. The molecule has 2 aromatic rings. The van der Waals surface area contributed by atoms with Crippen molar-refractivity contribution in [3.8, 4) is 0 Å². The third kappa shape index (κ3) is 1.82. The van der Waals surface area contributed by atoms with Crippen LogP contribution in [-0.4, -0.2) is 4.98 Å². The van der Waals surface area contributed by atoms with Gasteiger partial charge in [-0.15, -0.1) is 0 Å². The quantitative estimate of drug-likeness (QED) is 0.631. The summed E-state index contributed by atoms with van der Waals surface area (Å²) in [5.41, 5.74) is 6.78. The molecule has 0 aliphatic heterocycles. The van der Waals surface area contributed by atoms with Gasteiger partial charge in [0, 0.05) is 22.2 Å². The summed E-state index contributed by atoms with van der Waals surface area (Å²) in [4.78, 5) is 4.53. The van der Waals surface area contributed by atoms with Crippen LogP contribution < -0.4 is 11.3 Å². The van der Waals surface area contributed by atoms with E-state index in [-0.39, 0.29) is 5.82 Å². The van der Waals surface area contributed by atoms with E-state index in [2.05, 4.69) is 24.3 Å². The fraction of sp³-hybridized carbons (Fsp3) is 0.357. The number of pyridine rings is 1. The van der Waals surface area contributed by atoms with Gasteiger partial charge in [0.2, 0.25) is 0 Å². The van der Waals surface area contributed by atoms with E-state index in [1.807, 2.05) is 6.92 Å². The maximum absolute atomic E-state index is 13.6. The SMILES string of the molecule is Cc1nc2c(C)c(F)ccc2c(NN)c1C(C)C. The lowest BCUT2D eigenvalue weighted by Crippen LogP contribution is -2.13. The van der Waals surface area contributed by atoms with Gasteiger partial charge in [0.15, 0.2) is 0 Å². The number of anilines is 1. The van der Waals surface area contributed by atoms with Gasteiger partial charge in [0.25, 0.3) is 0 Å². The number of hydrogen-bond acceptors (Lipinski definition) is 3. The van der Waals surface area contributed by atoms with E-state index in [9.17, 15) is 4.39 Å². The largest absolute Gasteiger partial charge is 0.323 e. The Morgan fingerprint density at radius 3 is 2.50 bits per heavy atom. The molecule has 0 saturated carbocycles. The van der Waals surface area contributed by atoms with Crippen molar-refractivity contribution >= 4 is 16.6 Å². The van der Waals surface area contributed by atoms with E-state index in [4.69, 9.17) is 5.84 Å². The molecule has 0 radical (unpaired) electrons. The van der Waals surface area contributed by atoms with Crippen molar-refractivity contribution in [1.82, 2.24) is 4.98 Å². The number of hydrazine groups is 1. The number of fused-ring (bicyclic) bond motifs is 1. The molecule has 18 heavy (non-hydrogen) atoms. The van der Waals surface area contributed by atoms with Gasteiger partial charge in [-0.25, -0.2) is 4.39 Å². The van der Waals surface area contributed by atoms with Crippen molar-refractivity contribution < 1.29 is 4.39 Å². The van der Waals surface area contributed by atoms with Crippen LogP contribution in [-0.2, 0) is 0 Å². The van der Waals surface area contributed by atoms with Gasteiger partial charge in [0.1, 0.15) is 5.82 Å². The third-order valence-corrected chi connectivity index (χ3v) is 3.29. The normalized spacial score (nSPS) is 11.3. The third-order valence-electron chi connectivity index (χ3n) is 3.29. The second kappa shape index (κ2) is 4.53. The Morgan fingerprint density at radius 2 is 1.94 bits per heavy atom. The first kappa shape index (κ1) is 12.8. The molecule has 3 N–H and O–H groups in total. The molecule has 0 aliphatic carbocycles. The fourth-order valence-electron chi connectivity index (χ4n) is 2.44. The van der Waals surface area contributed by atoms with Crippen molar-refractivity contribution in [3.05, 3.63) is 34.8 Å². The zero-order chi connectivity index (χ0) is 13.4. The Balaban J connectivity index is 2.93. The summed E-state index contributed by atoms with van der Waals surface area (Å²) >= 11 is 0. The number of nitrogens with zero attached hydrogens (tertiary/aromatic N) is 1. The molecule has 0 saturated heterocycles. The molecule has 4 heteroatoms. The van der Waals surface area contributed by atoms with Gasteiger partial charge in [-0.3, -0.25) is 10.8 Å². The lowest BCUT2D eigenvalue weighted by Gasteiger charge is -2.18. The highest BCUT2D eigenvalue weighted by molar-refractivity contribution is 5.95. The Hall–Kier alpha value is -1.68. The summed E-state index contributed by atoms with van der Waals surface area (Å²) in [6.45, 7) is 7.85. The van der Waals surface area contributed by atoms with Crippen molar-refractivity contribution in [1.29, 1.82) is 0 Å². The van der Waals surface area contributed by atoms with E-state index < -0.39 is 0 Å². The summed E-state index contributed by atoms with van der Waals surface area (Å²) in [6, 6.07) is 3.19. The first-order valence-corrected chi connectivity index (χ1v) is 6.03. The summed E-state index contributed by atoms with van der Waals surface area (Å²) in [6.07, 6.45) is 0. The van der Waals surface area contributed by atoms with Gasteiger partial charge in [-0.05, 0) is 31.9 Å². The molecular formula is C14H18FN3. The Labute approximate surface area is 106 Å². The molecule has 96 valence electrons. The van der Waals surface area contributed by atoms with Crippen molar-refractivity contribution in [2.45, 2.75) is 33.6 Å². The predicted molar refractivity (Wildman–Crippen MR) is 73.1 cm³/mol. The highest BCUT2D eigenvalue weighted by atomic mass is 19.1. The summed E-state index contributed by atoms with van der Waals surface area (Å²) < 4.78 is 13.6. The number of nitrogen functional groups attached to an aromatic ring is 1. The van der Waals surface area contributed by atoms with Gasteiger partial charge < -0.3 is 5.43 Å². The lowest BCUT2D eigenvalue weighted by molar-refractivity contribution is 0.620. The van der Waals surface area contributed by atoms with E-state index in [1.54, 1.807) is 13.0 Å². The average molecular weight is 247 g/mol. The highest BCUT2D eigenvalue weighted by Gasteiger charge is 2.16. The summed E-state index contributed by atoms with van der Waals surface area (Å²) in [5, 5.41) is 0.866. The highest BCUT2D eigenvalue weighted by Crippen LogP contribution is 2.34. The van der Waals surface area contributed by atoms with Gasteiger partial charge in [-0.1, -0.05) is 13.8 Å². The number of nitrogens with two attached hydrogens (primary N) is 1. The molecule has 2 rings (SSSR count). The Bertz CT molecular complexity index is 606. The zero-order valence-electron chi connectivity index (χ0n) is 11.1. The molecule has 0 atom stereocenters. The minimum absolute atomic E-state index is 0.241. The van der Waals surface area contributed by atoms with Crippen LogP contribution in [0.4, 0.5) is 10.1 Å².